The van der Waals surface area contributed by atoms with Gasteiger partial charge in [0.25, 0.3) is 11.8 Å². The number of hydrogen-bond acceptors (Lipinski definition) is 3. The molecule has 0 N–H and O–H groups in total. The topological polar surface area (TPSA) is 46.6 Å². The lowest BCUT2D eigenvalue weighted by Crippen LogP contribution is -2.34. The van der Waals surface area contributed by atoms with Crippen LogP contribution in [0.4, 0.5) is 0 Å². The molecule has 4 nitrogen and oxygen atoms in total. The van der Waals surface area contributed by atoms with E-state index < -0.39 is 11.8 Å². The molecule has 3 rings (SSSR count). The van der Waals surface area contributed by atoms with Crippen LogP contribution >= 0.6 is 0 Å². The van der Waals surface area contributed by atoms with Crippen LogP contribution in [-0.4, -0.2) is 23.0 Å². The van der Waals surface area contributed by atoms with E-state index in [0.29, 0.717) is 17.5 Å². The molecule has 2 aromatic carbocycles. The molecule has 1 aliphatic heterocycles. The summed E-state index contributed by atoms with van der Waals surface area (Å²) in [6.07, 6.45) is 3.73. The molecule has 2 aromatic rings. The maximum Gasteiger partial charge on any atom is 0.285 e. The summed E-state index contributed by atoms with van der Waals surface area (Å²) in [6, 6.07) is 16.9. The molecule has 122 valence electrons. The molecular weight excluding hydrogens is 302 g/mol. The van der Waals surface area contributed by atoms with E-state index in [1.807, 2.05) is 18.2 Å². The van der Waals surface area contributed by atoms with Crippen LogP contribution in [0.5, 0.6) is 0 Å². The van der Waals surface area contributed by atoms with Crippen LogP contribution in [0.15, 0.2) is 67.3 Å². The number of benzene rings is 2. The molecule has 1 aliphatic rings. The Morgan fingerprint density at radius 2 is 1.54 bits per heavy atom. The summed E-state index contributed by atoms with van der Waals surface area (Å²) in [4.78, 5) is 30.2. The quantitative estimate of drug-likeness (QED) is 0.576. The van der Waals surface area contributed by atoms with Gasteiger partial charge in [-0.25, -0.2) is 0 Å². The molecular formula is C20H19NO3. The Labute approximate surface area is 141 Å². The molecule has 0 unspecified atom stereocenters. The van der Waals surface area contributed by atoms with Gasteiger partial charge in [0.2, 0.25) is 0 Å². The summed E-state index contributed by atoms with van der Waals surface area (Å²) < 4.78 is 0. The van der Waals surface area contributed by atoms with E-state index in [4.69, 9.17) is 4.84 Å². The standard InChI is InChI=1S/C20H19NO3/c1-2-16(12-8-11-15-9-4-3-5-10-15)24-21-19(22)17-13-6-7-14-18(17)20(21)23/h2-7,9-10,13-14,16H,1,8,11-12H2/t16-/m1/s1. The predicted octanol–water partition coefficient (Wildman–Crippen LogP) is 3.79. The van der Waals surface area contributed by atoms with Gasteiger partial charge in [-0.2, -0.15) is 0 Å². The van der Waals surface area contributed by atoms with E-state index in [1.165, 1.54) is 5.56 Å². The highest BCUT2D eigenvalue weighted by Crippen LogP contribution is 2.24. The van der Waals surface area contributed by atoms with Gasteiger partial charge in [0.1, 0.15) is 6.10 Å². The van der Waals surface area contributed by atoms with E-state index in [9.17, 15) is 9.59 Å². The fraction of sp³-hybridized carbons (Fsp3) is 0.200. The average molecular weight is 321 g/mol. The lowest BCUT2D eigenvalue weighted by atomic mass is 10.1. The number of hydrogen-bond donors (Lipinski definition) is 0. The molecule has 1 atom stereocenters. The highest BCUT2D eigenvalue weighted by atomic mass is 16.7. The number of aryl methyl sites for hydroxylation is 1. The van der Waals surface area contributed by atoms with Gasteiger partial charge in [0.15, 0.2) is 0 Å². The van der Waals surface area contributed by atoms with Crippen molar-refractivity contribution in [3.05, 3.63) is 83.9 Å². The normalized spacial score (nSPS) is 14.6. The van der Waals surface area contributed by atoms with Crippen molar-refractivity contribution < 1.29 is 14.4 Å². The zero-order valence-electron chi connectivity index (χ0n) is 13.4. The first-order valence-electron chi connectivity index (χ1n) is 8.02. The number of nitrogens with zero attached hydrogens (tertiary/aromatic N) is 1. The smallest absolute Gasteiger partial charge is 0.266 e. The van der Waals surface area contributed by atoms with Gasteiger partial charge in [0, 0.05) is 0 Å². The second-order valence-electron chi connectivity index (χ2n) is 5.71. The molecule has 1 heterocycles. The highest BCUT2D eigenvalue weighted by Gasteiger charge is 2.37. The molecule has 0 spiro atoms. The minimum absolute atomic E-state index is 0.379. The lowest BCUT2D eigenvalue weighted by Gasteiger charge is -2.19. The van der Waals surface area contributed by atoms with Gasteiger partial charge in [-0.3, -0.25) is 14.4 Å². The molecule has 0 aromatic heterocycles. The fourth-order valence-electron chi connectivity index (χ4n) is 2.76. The fourth-order valence-corrected chi connectivity index (χ4v) is 2.76. The Hall–Kier alpha value is -2.72. The van der Waals surface area contributed by atoms with Crippen molar-refractivity contribution in [3.63, 3.8) is 0 Å². The Morgan fingerprint density at radius 3 is 2.12 bits per heavy atom. The van der Waals surface area contributed by atoms with Crippen molar-refractivity contribution >= 4 is 11.8 Å². The molecule has 0 bridgehead atoms. The maximum absolute atomic E-state index is 12.3. The third kappa shape index (κ3) is 3.29. The second kappa shape index (κ2) is 7.23. The molecule has 0 radical (unpaired) electrons. The zero-order chi connectivity index (χ0) is 16.9. The Morgan fingerprint density at radius 1 is 0.958 bits per heavy atom. The third-order valence-electron chi connectivity index (χ3n) is 4.06. The van der Waals surface area contributed by atoms with Crippen LogP contribution < -0.4 is 0 Å². The number of carbonyl (C=O) groups is 2. The van der Waals surface area contributed by atoms with Gasteiger partial charge >= 0.3 is 0 Å². The lowest BCUT2D eigenvalue weighted by molar-refractivity contribution is -0.118. The van der Waals surface area contributed by atoms with Crippen molar-refractivity contribution in [2.24, 2.45) is 0 Å². The maximum atomic E-state index is 12.3. The van der Waals surface area contributed by atoms with Crippen molar-refractivity contribution in [1.29, 1.82) is 0 Å². The van der Waals surface area contributed by atoms with Crippen LogP contribution in [0.3, 0.4) is 0 Å². The van der Waals surface area contributed by atoms with Crippen molar-refractivity contribution in [1.82, 2.24) is 5.06 Å². The van der Waals surface area contributed by atoms with E-state index >= 15 is 0 Å². The summed E-state index contributed by atoms with van der Waals surface area (Å²) >= 11 is 0. The van der Waals surface area contributed by atoms with Crippen LogP contribution in [0.1, 0.15) is 39.1 Å². The number of rotatable bonds is 7. The van der Waals surface area contributed by atoms with E-state index in [0.717, 1.165) is 17.9 Å². The molecule has 0 fully saturated rings. The van der Waals surface area contributed by atoms with Gasteiger partial charge in [-0.15, -0.1) is 11.6 Å². The van der Waals surface area contributed by atoms with Gasteiger partial charge in [-0.05, 0) is 37.0 Å². The Kier molecular flexibility index (Phi) is 4.87. The van der Waals surface area contributed by atoms with Crippen LogP contribution in [0.25, 0.3) is 0 Å². The Balaban J connectivity index is 1.59. The average Bonchev–Trinajstić information content (AvgIpc) is 2.87. The summed E-state index contributed by atoms with van der Waals surface area (Å²) in [5.41, 5.74) is 2.02. The SMILES string of the molecule is C=C[C@H](CCCc1ccccc1)ON1C(=O)c2ccccc2C1=O. The van der Waals surface area contributed by atoms with Gasteiger partial charge in [-0.1, -0.05) is 48.5 Å². The number of imide groups is 1. The first-order valence-corrected chi connectivity index (χ1v) is 8.02. The summed E-state index contributed by atoms with van der Waals surface area (Å²) in [5.74, 6) is -0.823. The van der Waals surface area contributed by atoms with E-state index in [2.05, 4.69) is 18.7 Å². The minimum Gasteiger partial charge on any atom is -0.266 e. The highest BCUT2D eigenvalue weighted by molar-refractivity contribution is 6.20. The Bertz CT molecular complexity index is 719. The predicted molar refractivity (Wildman–Crippen MR) is 91.4 cm³/mol. The van der Waals surface area contributed by atoms with Crippen molar-refractivity contribution in [3.8, 4) is 0 Å². The first kappa shape index (κ1) is 16.1. The number of amides is 2. The van der Waals surface area contributed by atoms with Crippen LogP contribution in [0, 0.1) is 0 Å². The first-order chi connectivity index (χ1) is 11.7. The summed E-state index contributed by atoms with van der Waals surface area (Å²) in [7, 11) is 0. The van der Waals surface area contributed by atoms with Gasteiger partial charge in [0.05, 0.1) is 11.1 Å². The third-order valence-corrected chi connectivity index (χ3v) is 4.06. The molecule has 4 heteroatoms. The van der Waals surface area contributed by atoms with Crippen LogP contribution in [-0.2, 0) is 11.3 Å². The van der Waals surface area contributed by atoms with E-state index in [-0.39, 0.29) is 6.10 Å². The zero-order valence-corrected chi connectivity index (χ0v) is 13.4. The molecule has 0 aliphatic carbocycles. The largest absolute Gasteiger partial charge is 0.285 e. The molecule has 0 saturated heterocycles. The van der Waals surface area contributed by atoms with Gasteiger partial charge < -0.3 is 0 Å². The van der Waals surface area contributed by atoms with Crippen molar-refractivity contribution in [2.75, 3.05) is 0 Å². The molecule has 0 saturated carbocycles. The molecule has 2 amide bonds. The van der Waals surface area contributed by atoms with Crippen molar-refractivity contribution in [2.45, 2.75) is 25.4 Å². The summed E-state index contributed by atoms with van der Waals surface area (Å²) in [5, 5.41) is 0.861. The van der Waals surface area contributed by atoms with Crippen LogP contribution in [0.2, 0.25) is 0 Å². The van der Waals surface area contributed by atoms with E-state index in [1.54, 1.807) is 30.3 Å². The number of fused-ring (bicyclic) bond motifs is 1. The monoisotopic (exact) mass is 321 g/mol. The minimum atomic E-state index is -0.412. The second-order valence-corrected chi connectivity index (χ2v) is 5.71. The summed E-state index contributed by atoms with van der Waals surface area (Å²) in [6.45, 7) is 3.75. The molecule has 24 heavy (non-hydrogen) atoms. The number of carbonyl (C=O) groups excluding carboxylic acids is 2. The number of hydroxylamine groups is 2.